The standard InChI is InChI=1S/C16H15BrO2/c1-10-4-7-15(19-3)14(8-10)16(18)13-6-5-12(17)9-11(13)2/h4-9H,1-3H3. The summed E-state index contributed by atoms with van der Waals surface area (Å²) in [5.41, 5.74) is 3.29. The molecular weight excluding hydrogens is 304 g/mol. The Morgan fingerprint density at radius 3 is 2.42 bits per heavy atom. The zero-order valence-corrected chi connectivity index (χ0v) is 12.7. The van der Waals surface area contributed by atoms with Gasteiger partial charge in [0.05, 0.1) is 12.7 Å². The smallest absolute Gasteiger partial charge is 0.197 e. The van der Waals surface area contributed by atoms with Crippen LogP contribution in [-0.2, 0) is 0 Å². The molecule has 0 aliphatic carbocycles. The lowest BCUT2D eigenvalue weighted by Crippen LogP contribution is -2.06. The molecule has 0 radical (unpaired) electrons. The highest BCUT2D eigenvalue weighted by Crippen LogP contribution is 2.25. The monoisotopic (exact) mass is 318 g/mol. The molecule has 0 atom stereocenters. The maximum absolute atomic E-state index is 12.6. The van der Waals surface area contributed by atoms with Gasteiger partial charge in [0.2, 0.25) is 0 Å². The Labute approximate surface area is 121 Å². The van der Waals surface area contributed by atoms with Gasteiger partial charge in [-0.1, -0.05) is 27.6 Å². The van der Waals surface area contributed by atoms with Crippen LogP contribution in [0.25, 0.3) is 0 Å². The molecule has 0 aliphatic heterocycles. The van der Waals surface area contributed by atoms with Crippen molar-refractivity contribution < 1.29 is 9.53 Å². The zero-order valence-electron chi connectivity index (χ0n) is 11.2. The van der Waals surface area contributed by atoms with Crippen LogP contribution in [0.4, 0.5) is 0 Å². The van der Waals surface area contributed by atoms with Crippen LogP contribution in [-0.4, -0.2) is 12.9 Å². The van der Waals surface area contributed by atoms with Crippen LogP contribution in [0.15, 0.2) is 40.9 Å². The second-order valence-corrected chi connectivity index (χ2v) is 5.41. The van der Waals surface area contributed by atoms with Crippen molar-refractivity contribution in [2.45, 2.75) is 13.8 Å². The maximum Gasteiger partial charge on any atom is 0.197 e. The van der Waals surface area contributed by atoms with Crippen molar-refractivity contribution in [1.82, 2.24) is 0 Å². The molecule has 0 amide bonds. The SMILES string of the molecule is COc1ccc(C)cc1C(=O)c1ccc(Br)cc1C. The van der Waals surface area contributed by atoms with Crippen molar-refractivity contribution >= 4 is 21.7 Å². The van der Waals surface area contributed by atoms with Gasteiger partial charge in [0, 0.05) is 10.0 Å². The summed E-state index contributed by atoms with van der Waals surface area (Å²) >= 11 is 3.41. The predicted octanol–water partition coefficient (Wildman–Crippen LogP) is 4.31. The third kappa shape index (κ3) is 2.87. The Balaban J connectivity index is 2.52. The van der Waals surface area contributed by atoms with Gasteiger partial charge in [0.25, 0.3) is 0 Å². The molecule has 0 fully saturated rings. The summed E-state index contributed by atoms with van der Waals surface area (Å²) in [6.45, 7) is 3.89. The number of carbonyl (C=O) groups excluding carboxylic acids is 1. The topological polar surface area (TPSA) is 26.3 Å². The Hall–Kier alpha value is -1.61. The first-order chi connectivity index (χ1) is 9.02. The minimum Gasteiger partial charge on any atom is -0.496 e. The van der Waals surface area contributed by atoms with Crippen molar-refractivity contribution in [3.05, 3.63) is 63.1 Å². The van der Waals surface area contributed by atoms with E-state index in [1.54, 1.807) is 7.11 Å². The number of aryl methyl sites for hydroxylation is 2. The van der Waals surface area contributed by atoms with Crippen LogP contribution in [0.2, 0.25) is 0 Å². The molecule has 19 heavy (non-hydrogen) atoms. The fourth-order valence-corrected chi connectivity index (χ4v) is 2.50. The van der Waals surface area contributed by atoms with Gasteiger partial charge in [-0.15, -0.1) is 0 Å². The van der Waals surface area contributed by atoms with Crippen molar-refractivity contribution in [3.63, 3.8) is 0 Å². The van der Waals surface area contributed by atoms with Crippen molar-refractivity contribution in [3.8, 4) is 5.75 Å². The quantitative estimate of drug-likeness (QED) is 0.788. The number of rotatable bonds is 3. The fourth-order valence-electron chi connectivity index (χ4n) is 2.03. The normalized spacial score (nSPS) is 10.3. The van der Waals surface area contributed by atoms with Crippen LogP contribution < -0.4 is 4.74 Å². The van der Waals surface area contributed by atoms with Gasteiger partial charge in [-0.2, -0.15) is 0 Å². The van der Waals surface area contributed by atoms with Gasteiger partial charge in [-0.05, 0) is 49.7 Å². The predicted molar refractivity (Wildman–Crippen MR) is 80.0 cm³/mol. The molecule has 2 rings (SSSR count). The van der Waals surface area contributed by atoms with Crippen molar-refractivity contribution in [2.24, 2.45) is 0 Å². The van der Waals surface area contributed by atoms with E-state index in [4.69, 9.17) is 4.74 Å². The Kier molecular flexibility index (Phi) is 4.05. The minimum atomic E-state index is -0.00875. The van der Waals surface area contributed by atoms with Gasteiger partial charge >= 0.3 is 0 Å². The van der Waals surface area contributed by atoms with Crippen LogP contribution in [0, 0.1) is 13.8 Å². The van der Waals surface area contributed by atoms with Crippen LogP contribution in [0.3, 0.4) is 0 Å². The van der Waals surface area contributed by atoms with Crippen LogP contribution in [0.5, 0.6) is 5.75 Å². The molecule has 0 N–H and O–H groups in total. The zero-order chi connectivity index (χ0) is 14.0. The first kappa shape index (κ1) is 13.8. The molecule has 2 aromatic rings. The van der Waals surface area contributed by atoms with E-state index < -0.39 is 0 Å². The van der Waals surface area contributed by atoms with E-state index in [1.807, 2.05) is 50.2 Å². The average molecular weight is 319 g/mol. The third-order valence-electron chi connectivity index (χ3n) is 3.03. The van der Waals surface area contributed by atoms with Gasteiger partial charge in [0.15, 0.2) is 5.78 Å². The van der Waals surface area contributed by atoms with E-state index in [1.165, 1.54) is 0 Å². The number of ether oxygens (including phenoxy) is 1. The van der Waals surface area contributed by atoms with Crippen LogP contribution >= 0.6 is 15.9 Å². The Bertz CT molecular complexity index is 633. The second-order valence-electron chi connectivity index (χ2n) is 4.49. The molecule has 0 aliphatic rings. The van der Waals surface area contributed by atoms with Gasteiger partial charge < -0.3 is 4.74 Å². The van der Waals surface area contributed by atoms with E-state index in [0.717, 1.165) is 15.6 Å². The lowest BCUT2D eigenvalue weighted by molar-refractivity contribution is 0.103. The van der Waals surface area contributed by atoms with Crippen molar-refractivity contribution in [2.75, 3.05) is 7.11 Å². The molecule has 0 heterocycles. The number of benzene rings is 2. The van der Waals surface area contributed by atoms with E-state index >= 15 is 0 Å². The molecule has 0 unspecified atom stereocenters. The number of methoxy groups -OCH3 is 1. The van der Waals surface area contributed by atoms with Crippen LogP contribution in [0.1, 0.15) is 27.0 Å². The molecular formula is C16H15BrO2. The Morgan fingerprint density at radius 1 is 1.05 bits per heavy atom. The number of hydrogen-bond acceptors (Lipinski definition) is 2. The fraction of sp³-hybridized carbons (Fsp3) is 0.188. The first-order valence-corrected chi connectivity index (χ1v) is 6.77. The molecule has 0 saturated heterocycles. The van der Waals surface area contributed by atoms with Gasteiger partial charge in [-0.3, -0.25) is 4.79 Å². The van der Waals surface area contributed by atoms with E-state index in [2.05, 4.69) is 15.9 Å². The Morgan fingerprint density at radius 2 is 1.79 bits per heavy atom. The van der Waals surface area contributed by atoms with E-state index in [0.29, 0.717) is 16.9 Å². The molecule has 3 heteroatoms. The lowest BCUT2D eigenvalue weighted by Gasteiger charge is -2.10. The molecule has 0 aromatic heterocycles. The summed E-state index contributed by atoms with van der Waals surface area (Å²) in [5.74, 6) is 0.600. The summed E-state index contributed by atoms with van der Waals surface area (Å²) < 4.78 is 6.25. The lowest BCUT2D eigenvalue weighted by atomic mass is 9.97. The van der Waals surface area contributed by atoms with Crippen molar-refractivity contribution in [1.29, 1.82) is 0 Å². The highest BCUT2D eigenvalue weighted by molar-refractivity contribution is 9.10. The summed E-state index contributed by atoms with van der Waals surface area (Å²) in [6, 6.07) is 11.3. The maximum atomic E-state index is 12.6. The third-order valence-corrected chi connectivity index (χ3v) is 3.53. The molecule has 0 spiro atoms. The van der Waals surface area contributed by atoms with E-state index in [9.17, 15) is 4.79 Å². The largest absolute Gasteiger partial charge is 0.496 e. The highest BCUT2D eigenvalue weighted by Gasteiger charge is 2.16. The summed E-state index contributed by atoms with van der Waals surface area (Å²) in [7, 11) is 1.58. The summed E-state index contributed by atoms with van der Waals surface area (Å²) in [6.07, 6.45) is 0. The second kappa shape index (κ2) is 5.57. The molecule has 2 nitrogen and oxygen atoms in total. The van der Waals surface area contributed by atoms with Gasteiger partial charge in [-0.25, -0.2) is 0 Å². The first-order valence-electron chi connectivity index (χ1n) is 5.98. The minimum absolute atomic E-state index is 0.00875. The molecule has 2 aromatic carbocycles. The van der Waals surface area contributed by atoms with Gasteiger partial charge in [0.1, 0.15) is 5.75 Å². The summed E-state index contributed by atoms with van der Waals surface area (Å²) in [5, 5.41) is 0. The molecule has 0 bridgehead atoms. The highest BCUT2D eigenvalue weighted by atomic mass is 79.9. The summed E-state index contributed by atoms with van der Waals surface area (Å²) in [4.78, 5) is 12.6. The average Bonchev–Trinajstić information content (AvgIpc) is 2.38. The van der Waals surface area contributed by atoms with E-state index in [-0.39, 0.29) is 5.78 Å². The number of hydrogen-bond donors (Lipinski definition) is 0. The molecule has 0 saturated carbocycles. The number of ketones is 1. The molecule has 98 valence electrons. The number of halogens is 1. The number of carbonyl (C=O) groups is 1.